The molecule has 7 heteroatoms. The van der Waals surface area contributed by atoms with Gasteiger partial charge in [-0.25, -0.2) is 0 Å². The van der Waals surface area contributed by atoms with E-state index in [-0.39, 0.29) is 42.7 Å². The van der Waals surface area contributed by atoms with Gasteiger partial charge in [0.15, 0.2) is 0 Å². The fraction of sp³-hybridized carbons (Fsp3) is 0.850. The van der Waals surface area contributed by atoms with E-state index >= 15 is 0 Å². The molecule has 1 unspecified atom stereocenters. The van der Waals surface area contributed by atoms with E-state index in [1.807, 2.05) is 0 Å². The summed E-state index contributed by atoms with van der Waals surface area (Å²) < 4.78 is 0. The number of hydrogen-bond acceptors (Lipinski definition) is 4. The van der Waals surface area contributed by atoms with Crippen LogP contribution in [0.4, 0.5) is 0 Å². The van der Waals surface area contributed by atoms with Gasteiger partial charge in [-0.05, 0) is 68.1 Å². The molecule has 5 aliphatic rings. The van der Waals surface area contributed by atoms with Crippen molar-refractivity contribution < 1.29 is 19.5 Å². The number of carbonyl (C=O) groups is 3. The molecule has 0 aromatic rings. The maximum atomic E-state index is 12.6. The van der Waals surface area contributed by atoms with Crippen LogP contribution in [0, 0.1) is 23.2 Å². The maximum Gasteiger partial charge on any atom is 0.242 e. The normalized spacial score (nSPS) is 37.2. The number of rotatable bonds is 6. The third kappa shape index (κ3) is 3.84. The zero-order valence-electron chi connectivity index (χ0n) is 15.9. The predicted molar refractivity (Wildman–Crippen MR) is 98.4 cm³/mol. The quantitative estimate of drug-likeness (QED) is 0.625. The van der Waals surface area contributed by atoms with Crippen molar-refractivity contribution in [2.45, 2.75) is 57.4 Å². The summed E-state index contributed by atoms with van der Waals surface area (Å²) in [5.41, 5.74) is 0.159. The minimum Gasteiger partial charge on any atom is -0.396 e. The summed E-state index contributed by atoms with van der Waals surface area (Å²) in [6.45, 7) is 0.606. The Morgan fingerprint density at radius 1 is 1.15 bits per heavy atom. The number of piperazine rings is 1. The fourth-order valence-electron chi connectivity index (χ4n) is 6.61. The summed E-state index contributed by atoms with van der Waals surface area (Å²) in [5, 5.41) is 14.7. The van der Waals surface area contributed by atoms with Gasteiger partial charge >= 0.3 is 0 Å². The van der Waals surface area contributed by atoms with Crippen LogP contribution in [0.1, 0.15) is 51.4 Å². The molecule has 4 saturated carbocycles. The van der Waals surface area contributed by atoms with Crippen LogP contribution in [0.2, 0.25) is 0 Å². The van der Waals surface area contributed by atoms with Crippen molar-refractivity contribution >= 4 is 17.7 Å². The Balaban J connectivity index is 1.30. The van der Waals surface area contributed by atoms with Crippen LogP contribution >= 0.6 is 0 Å². The van der Waals surface area contributed by atoms with Crippen molar-refractivity contribution in [3.63, 3.8) is 0 Å². The van der Waals surface area contributed by atoms with Gasteiger partial charge in [-0.1, -0.05) is 0 Å². The van der Waals surface area contributed by atoms with E-state index in [1.165, 1.54) is 43.4 Å². The molecule has 5 rings (SSSR count). The molecule has 150 valence electrons. The third-order valence-corrected chi connectivity index (χ3v) is 7.19. The molecule has 3 amide bonds. The van der Waals surface area contributed by atoms with Gasteiger partial charge in [0.2, 0.25) is 17.7 Å². The molecule has 0 aromatic heterocycles. The summed E-state index contributed by atoms with van der Waals surface area (Å²) >= 11 is 0. The van der Waals surface area contributed by atoms with Gasteiger partial charge in [0.25, 0.3) is 0 Å². The topological polar surface area (TPSA) is 98.7 Å². The van der Waals surface area contributed by atoms with E-state index in [2.05, 4.69) is 10.6 Å². The first-order valence-electron chi connectivity index (χ1n) is 10.4. The van der Waals surface area contributed by atoms with Crippen molar-refractivity contribution in [2.75, 3.05) is 26.2 Å². The average molecular weight is 377 g/mol. The SMILES string of the molecule is O=C(CC12CC3CC(CC(C3)C1)C2)NCC(=O)N1CCNC(=O)C1CCO. The third-order valence-electron chi connectivity index (χ3n) is 7.19. The fourth-order valence-corrected chi connectivity index (χ4v) is 6.61. The highest BCUT2D eigenvalue weighted by molar-refractivity contribution is 5.91. The van der Waals surface area contributed by atoms with Crippen LogP contribution in [-0.2, 0) is 14.4 Å². The van der Waals surface area contributed by atoms with Gasteiger partial charge in [-0.2, -0.15) is 0 Å². The number of aliphatic hydroxyl groups excluding tert-OH is 1. The molecule has 5 fully saturated rings. The number of carbonyl (C=O) groups excluding carboxylic acids is 3. The second-order valence-electron chi connectivity index (χ2n) is 9.28. The smallest absolute Gasteiger partial charge is 0.242 e. The van der Waals surface area contributed by atoms with Crippen LogP contribution in [0.5, 0.6) is 0 Å². The number of nitrogens with one attached hydrogen (secondary N) is 2. The van der Waals surface area contributed by atoms with Gasteiger partial charge < -0.3 is 20.6 Å². The number of aliphatic hydroxyl groups is 1. The lowest BCUT2D eigenvalue weighted by Crippen LogP contribution is -2.59. The average Bonchev–Trinajstić information content (AvgIpc) is 2.60. The van der Waals surface area contributed by atoms with E-state index in [1.54, 1.807) is 0 Å². The van der Waals surface area contributed by atoms with Gasteiger partial charge in [0.05, 0.1) is 6.54 Å². The van der Waals surface area contributed by atoms with Crippen LogP contribution in [-0.4, -0.2) is 60.0 Å². The van der Waals surface area contributed by atoms with Crippen LogP contribution in [0.15, 0.2) is 0 Å². The minimum absolute atomic E-state index is 0.0366. The first-order valence-corrected chi connectivity index (χ1v) is 10.4. The minimum atomic E-state index is -0.642. The van der Waals surface area contributed by atoms with Crippen molar-refractivity contribution in [3.05, 3.63) is 0 Å². The second kappa shape index (κ2) is 7.41. The van der Waals surface area contributed by atoms with E-state index in [9.17, 15) is 14.4 Å². The van der Waals surface area contributed by atoms with Crippen molar-refractivity contribution in [1.29, 1.82) is 0 Å². The summed E-state index contributed by atoms with van der Waals surface area (Å²) in [6.07, 6.45) is 8.32. The van der Waals surface area contributed by atoms with Gasteiger partial charge in [0.1, 0.15) is 6.04 Å². The summed E-state index contributed by atoms with van der Waals surface area (Å²) in [7, 11) is 0. The van der Waals surface area contributed by atoms with E-state index in [0.717, 1.165) is 17.8 Å². The molecule has 7 nitrogen and oxygen atoms in total. The van der Waals surface area contributed by atoms with Gasteiger partial charge in [-0.15, -0.1) is 0 Å². The van der Waals surface area contributed by atoms with Crippen molar-refractivity contribution in [1.82, 2.24) is 15.5 Å². The lowest BCUT2D eigenvalue weighted by atomic mass is 9.49. The Hall–Kier alpha value is -1.63. The molecule has 27 heavy (non-hydrogen) atoms. The molecular formula is C20H31N3O4. The van der Waals surface area contributed by atoms with Crippen LogP contribution in [0.3, 0.4) is 0 Å². The highest BCUT2D eigenvalue weighted by Crippen LogP contribution is 2.61. The molecule has 3 N–H and O–H groups in total. The van der Waals surface area contributed by atoms with Crippen molar-refractivity contribution in [3.8, 4) is 0 Å². The summed E-state index contributed by atoms with van der Waals surface area (Å²) in [5.74, 6) is 1.89. The highest BCUT2D eigenvalue weighted by Gasteiger charge is 2.51. The first-order chi connectivity index (χ1) is 13.0. The summed E-state index contributed by atoms with van der Waals surface area (Å²) in [6, 6.07) is -0.642. The number of hydrogen-bond donors (Lipinski definition) is 3. The number of nitrogens with zero attached hydrogens (tertiary/aromatic N) is 1. The first kappa shape index (κ1) is 18.7. The standard InChI is InChI=1S/C20H31N3O4/c24-4-1-16-19(27)21-2-3-23(16)18(26)12-22-17(25)11-20-8-13-5-14(9-20)7-15(6-13)10-20/h13-16,24H,1-12H2,(H,21,27)(H,22,25). The Bertz CT molecular complexity index is 585. The van der Waals surface area contributed by atoms with E-state index < -0.39 is 6.04 Å². The Labute approximate surface area is 160 Å². The summed E-state index contributed by atoms with van der Waals surface area (Å²) in [4.78, 5) is 38.6. The zero-order valence-corrected chi connectivity index (χ0v) is 15.9. The molecule has 0 radical (unpaired) electrons. The molecule has 1 heterocycles. The monoisotopic (exact) mass is 377 g/mol. The Morgan fingerprint density at radius 2 is 1.78 bits per heavy atom. The van der Waals surface area contributed by atoms with E-state index in [0.29, 0.717) is 19.5 Å². The molecule has 1 saturated heterocycles. The lowest BCUT2D eigenvalue weighted by Gasteiger charge is -2.56. The molecule has 0 spiro atoms. The lowest BCUT2D eigenvalue weighted by molar-refractivity contribution is -0.144. The zero-order chi connectivity index (χ0) is 19.0. The van der Waals surface area contributed by atoms with Gasteiger partial charge in [0, 0.05) is 26.1 Å². The van der Waals surface area contributed by atoms with E-state index in [4.69, 9.17) is 5.11 Å². The molecule has 4 aliphatic carbocycles. The predicted octanol–water partition coefficient (Wildman–Crippen LogP) is 0.419. The molecule has 4 bridgehead atoms. The second-order valence-corrected chi connectivity index (χ2v) is 9.28. The Morgan fingerprint density at radius 3 is 2.37 bits per heavy atom. The van der Waals surface area contributed by atoms with Crippen LogP contribution in [0.25, 0.3) is 0 Å². The van der Waals surface area contributed by atoms with Crippen molar-refractivity contribution in [2.24, 2.45) is 23.2 Å². The molecule has 1 atom stereocenters. The largest absolute Gasteiger partial charge is 0.396 e. The maximum absolute atomic E-state index is 12.6. The Kier molecular flexibility index (Phi) is 5.14. The molecular weight excluding hydrogens is 346 g/mol. The van der Waals surface area contributed by atoms with Gasteiger partial charge in [-0.3, -0.25) is 14.4 Å². The highest BCUT2D eigenvalue weighted by atomic mass is 16.3. The van der Waals surface area contributed by atoms with Crippen LogP contribution < -0.4 is 10.6 Å². The molecule has 1 aliphatic heterocycles. The number of amides is 3. The molecule has 0 aromatic carbocycles.